The molecule has 1 rings (SSSR count). The molecule has 3 N–H and O–H groups in total. The number of carbonyl (C=O) groups is 4. The molecule has 0 fully saturated rings. The van der Waals surface area contributed by atoms with E-state index in [1.54, 1.807) is 6.92 Å². The van der Waals surface area contributed by atoms with Crippen LogP contribution in [0.5, 0.6) is 0 Å². The first kappa shape index (κ1) is 32.1. The molecule has 0 saturated carbocycles. The number of hydrogen-bond donors (Lipinski definition) is 3. The first-order valence-corrected chi connectivity index (χ1v) is 13.9. The summed E-state index contributed by atoms with van der Waals surface area (Å²) in [5, 5.41) is 7.93. The van der Waals surface area contributed by atoms with Crippen LogP contribution in [0.15, 0.2) is 30.3 Å². The minimum Gasteiger partial charge on any atom is -0.445 e. The highest BCUT2D eigenvalue weighted by atomic mass is 16.5. The molecule has 2 atom stereocenters. The maximum absolute atomic E-state index is 12.9. The normalized spacial score (nSPS) is 12.5. The van der Waals surface area contributed by atoms with Crippen LogP contribution in [0.25, 0.3) is 0 Å². The lowest BCUT2D eigenvalue weighted by atomic mass is 10.0. The van der Waals surface area contributed by atoms with Gasteiger partial charge in [0, 0.05) is 6.54 Å². The van der Waals surface area contributed by atoms with Gasteiger partial charge in [-0.05, 0) is 30.7 Å². The summed E-state index contributed by atoms with van der Waals surface area (Å²) in [5.74, 6) is -1.77. The van der Waals surface area contributed by atoms with Gasteiger partial charge in [0.15, 0.2) is 0 Å². The Hall–Kier alpha value is -2.90. The summed E-state index contributed by atoms with van der Waals surface area (Å²) in [6, 6.07) is 7.40. The number of carbonyl (C=O) groups excluding carboxylic acids is 4. The van der Waals surface area contributed by atoms with Crippen molar-refractivity contribution >= 4 is 23.7 Å². The zero-order chi connectivity index (χ0) is 27.5. The van der Waals surface area contributed by atoms with Crippen LogP contribution in [0.3, 0.4) is 0 Å². The van der Waals surface area contributed by atoms with Gasteiger partial charge in [-0.15, -0.1) is 0 Å². The molecule has 0 spiro atoms. The molecule has 0 saturated heterocycles. The van der Waals surface area contributed by atoms with Gasteiger partial charge in [-0.1, -0.05) is 103 Å². The highest BCUT2D eigenvalue weighted by molar-refractivity contribution is 6.38. The van der Waals surface area contributed by atoms with Gasteiger partial charge in [-0.25, -0.2) is 4.79 Å². The zero-order valence-corrected chi connectivity index (χ0v) is 23.1. The molecule has 0 heterocycles. The summed E-state index contributed by atoms with van der Waals surface area (Å²) in [6.07, 6.45) is 9.09. The van der Waals surface area contributed by atoms with Crippen molar-refractivity contribution < 1.29 is 23.9 Å². The van der Waals surface area contributed by atoms with Gasteiger partial charge >= 0.3 is 6.09 Å². The van der Waals surface area contributed by atoms with Crippen molar-refractivity contribution in [3.05, 3.63) is 35.9 Å². The summed E-state index contributed by atoms with van der Waals surface area (Å²) in [5.41, 5.74) is 0.831. The van der Waals surface area contributed by atoms with Crippen molar-refractivity contribution in [3.63, 3.8) is 0 Å². The van der Waals surface area contributed by atoms with Crippen LogP contribution in [0.4, 0.5) is 4.79 Å². The van der Waals surface area contributed by atoms with E-state index < -0.39 is 35.8 Å². The molecule has 3 amide bonds. The van der Waals surface area contributed by atoms with E-state index >= 15 is 0 Å². The maximum atomic E-state index is 12.9. The monoisotopic (exact) mass is 517 g/mol. The number of ether oxygens (including phenoxy) is 1. The molecular weight excluding hydrogens is 470 g/mol. The summed E-state index contributed by atoms with van der Waals surface area (Å²) < 4.78 is 5.24. The second-order valence-electron chi connectivity index (χ2n) is 9.95. The molecule has 0 aliphatic heterocycles. The SMILES string of the molecule is CCCCCCCCCCNC(=O)C(=O)C(CC)NC(=O)C(CC(C)C)NC(=O)OCc1ccccc1. The smallest absolute Gasteiger partial charge is 0.408 e. The van der Waals surface area contributed by atoms with Crippen LogP contribution in [0.1, 0.15) is 97.5 Å². The molecule has 1 aromatic carbocycles. The van der Waals surface area contributed by atoms with Gasteiger partial charge in [0.05, 0.1) is 6.04 Å². The van der Waals surface area contributed by atoms with E-state index in [0.29, 0.717) is 13.0 Å². The van der Waals surface area contributed by atoms with Crippen LogP contribution < -0.4 is 16.0 Å². The van der Waals surface area contributed by atoms with Crippen molar-refractivity contribution in [2.24, 2.45) is 5.92 Å². The molecule has 0 aliphatic rings. The highest BCUT2D eigenvalue weighted by Gasteiger charge is 2.29. The predicted octanol–water partition coefficient (Wildman–Crippen LogP) is 5.05. The Morgan fingerprint density at radius 2 is 1.43 bits per heavy atom. The summed E-state index contributed by atoms with van der Waals surface area (Å²) in [6.45, 7) is 8.31. The molecule has 37 heavy (non-hydrogen) atoms. The number of Topliss-reactive ketones (excluding diaryl/α,β-unsaturated/α-hetero) is 1. The second-order valence-corrected chi connectivity index (χ2v) is 9.95. The van der Waals surface area contributed by atoms with Crippen LogP contribution in [0.2, 0.25) is 0 Å². The quantitative estimate of drug-likeness (QED) is 0.176. The fourth-order valence-electron chi connectivity index (χ4n) is 3.94. The fourth-order valence-corrected chi connectivity index (χ4v) is 3.94. The third kappa shape index (κ3) is 14.4. The Morgan fingerprint density at radius 1 is 0.811 bits per heavy atom. The zero-order valence-electron chi connectivity index (χ0n) is 23.1. The van der Waals surface area contributed by atoms with Gasteiger partial charge in [-0.3, -0.25) is 14.4 Å². The van der Waals surface area contributed by atoms with E-state index in [-0.39, 0.29) is 18.9 Å². The van der Waals surface area contributed by atoms with Crippen LogP contribution >= 0.6 is 0 Å². The molecule has 0 bridgehead atoms. The Labute approximate surface area is 222 Å². The van der Waals surface area contributed by atoms with Crippen molar-refractivity contribution in [1.82, 2.24) is 16.0 Å². The lowest BCUT2D eigenvalue weighted by Crippen LogP contribution is -2.54. The average molecular weight is 518 g/mol. The Bertz CT molecular complexity index is 813. The molecule has 1 aromatic rings. The van der Waals surface area contributed by atoms with Gasteiger partial charge in [0.2, 0.25) is 11.7 Å². The number of nitrogens with one attached hydrogen (secondary N) is 3. The van der Waals surface area contributed by atoms with E-state index in [0.717, 1.165) is 24.8 Å². The fraction of sp³-hybridized carbons (Fsp3) is 0.655. The lowest BCUT2D eigenvalue weighted by Gasteiger charge is -2.23. The highest BCUT2D eigenvalue weighted by Crippen LogP contribution is 2.09. The topological polar surface area (TPSA) is 114 Å². The van der Waals surface area contributed by atoms with E-state index in [1.807, 2.05) is 44.2 Å². The van der Waals surface area contributed by atoms with Crippen molar-refractivity contribution in [3.8, 4) is 0 Å². The number of amides is 3. The lowest BCUT2D eigenvalue weighted by molar-refractivity contribution is -0.140. The molecule has 208 valence electrons. The summed E-state index contributed by atoms with van der Waals surface area (Å²) in [7, 11) is 0. The third-order valence-electron chi connectivity index (χ3n) is 6.11. The molecule has 2 unspecified atom stereocenters. The number of ketones is 1. The van der Waals surface area contributed by atoms with E-state index in [4.69, 9.17) is 4.74 Å². The molecule has 8 nitrogen and oxygen atoms in total. The molecule has 0 aliphatic carbocycles. The van der Waals surface area contributed by atoms with Crippen molar-refractivity contribution in [1.29, 1.82) is 0 Å². The van der Waals surface area contributed by atoms with E-state index in [2.05, 4.69) is 22.9 Å². The molecule has 8 heteroatoms. The minimum absolute atomic E-state index is 0.0811. The number of hydrogen-bond acceptors (Lipinski definition) is 5. The van der Waals surface area contributed by atoms with Gasteiger partial charge in [0.25, 0.3) is 5.91 Å². The third-order valence-corrected chi connectivity index (χ3v) is 6.11. The van der Waals surface area contributed by atoms with Crippen molar-refractivity contribution in [2.45, 2.75) is 111 Å². The molecular formula is C29H47N3O5. The standard InChI is InChI=1S/C29H47N3O5/c1-5-7-8-9-10-11-12-16-19-30-28(35)26(33)24(6-2)31-27(34)25(20-22(3)4)32-29(36)37-21-23-17-14-13-15-18-23/h13-15,17-18,22,24-25H,5-12,16,19-21H2,1-4H3,(H,30,35)(H,31,34)(H,32,36). The van der Waals surface area contributed by atoms with Gasteiger partial charge < -0.3 is 20.7 Å². The second kappa shape index (κ2) is 19.2. The van der Waals surface area contributed by atoms with Crippen LogP contribution in [-0.4, -0.2) is 42.3 Å². The average Bonchev–Trinajstić information content (AvgIpc) is 2.88. The Balaban J connectivity index is 2.49. The summed E-state index contributed by atoms with van der Waals surface area (Å²) in [4.78, 5) is 50.3. The van der Waals surface area contributed by atoms with Crippen molar-refractivity contribution in [2.75, 3.05) is 6.54 Å². The molecule has 0 aromatic heterocycles. The molecule has 0 radical (unpaired) electrons. The van der Waals surface area contributed by atoms with Gasteiger partial charge in [-0.2, -0.15) is 0 Å². The Kier molecular flexibility index (Phi) is 16.7. The first-order valence-electron chi connectivity index (χ1n) is 13.9. The van der Waals surface area contributed by atoms with Crippen LogP contribution in [0, 0.1) is 5.92 Å². The predicted molar refractivity (Wildman–Crippen MR) is 146 cm³/mol. The van der Waals surface area contributed by atoms with E-state index in [9.17, 15) is 19.2 Å². The largest absolute Gasteiger partial charge is 0.445 e. The summed E-state index contributed by atoms with van der Waals surface area (Å²) >= 11 is 0. The minimum atomic E-state index is -0.956. The first-order chi connectivity index (χ1) is 17.8. The number of rotatable bonds is 19. The van der Waals surface area contributed by atoms with E-state index in [1.165, 1.54) is 32.1 Å². The van der Waals surface area contributed by atoms with Gasteiger partial charge in [0.1, 0.15) is 12.6 Å². The number of unbranched alkanes of at least 4 members (excludes halogenated alkanes) is 7. The number of benzene rings is 1. The maximum Gasteiger partial charge on any atom is 0.408 e. The van der Waals surface area contributed by atoms with Crippen LogP contribution in [-0.2, 0) is 25.7 Å². The number of alkyl carbamates (subject to hydrolysis) is 1. The Morgan fingerprint density at radius 3 is 2.03 bits per heavy atom.